The van der Waals surface area contributed by atoms with Gasteiger partial charge in [0.2, 0.25) is 5.95 Å². The number of aromatic nitrogens is 2. The van der Waals surface area contributed by atoms with Crippen molar-refractivity contribution in [3.05, 3.63) is 66.9 Å². The van der Waals surface area contributed by atoms with Crippen LogP contribution in [0.15, 0.2) is 66.9 Å². The molecular formula is C19H15N3OS. The highest BCUT2D eigenvalue weighted by Gasteiger charge is 2.08. The summed E-state index contributed by atoms with van der Waals surface area (Å²) in [5.41, 5.74) is 1.75. The van der Waals surface area contributed by atoms with Crippen LogP contribution in [-0.2, 0) is 0 Å². The highest BCUT2D eigenvalue weighted by Crippen LogP contribution is 2.33. The fourth-order valence-corrected chi connectivity index (χ4v) is 3.57. The molecule has 0 aliphatic carbocycles. The molecule has 0 amide bonds. The van der Waals surface area contributed by atoms with Crippen LogP contribution in [0.2, 0.25) is 0 Å². The molecule has 0 saturated carbocycles. The summed E-state index contributed by atoms with van der Waals surface area (Å²) in [6.07, 6.45) is 1.77. The van der Waals surface area contributed by atoms with Crippen molar-refractivity contribution in [3.8, 4) is 16.3 Å². The van der Waals surface area contributed by atoms with E-state index in [-0.39, 0.29) is 0 Å². The first kappa shape index (κ1) is 14.7. The first-order valence-corrected chi connectivity index (χ1v) is 8.37. The van der Waals surface area contributed by atoms with E-state index in [1.807, 2.05) is 36.4 Å². The van der Waals surface area contributed by atoms with E-state index in [4.69, 9.17) is 4.74 Å². The summed E-state index contributed by atoms with van der Waals surface area (Å²) in [7, 11) is 1.65. The summed E-state index contributed by atoms with van der Waals surface area (Å²) < 4.78 is 6.61. The van der Waals surface area contributed by atoms with E-state index in [0.717, 1.165) is 22.0 Å². The molecule has 0 bridgehead atoms. The Bertz CT molecular complexity index is 964. The lowest BCUT2D eigenvalue weighted by Crippen LogP contribution is -1.99. The van der Waals surface area contributed by atoms with Gasteiger partial charge in [0.25, 0.3) is 0 Å². The summed E-state index contributed by atoms with van der Waals surface area (Å²) in [5.74, 6) is 1.31. The van der Waals surface area contributed by atoms with E-state index in [9.17, 15) is 0 Å². The Morgan fingerprint density at radius 2 is 1.83 bits per heavy atom. The molecule has 5 heteroatoms. The van der Waals surface area contributed by atoms with E-state index in [2.05, 4.69) is 39.6 Å². The average Bonchev–Trinajstić information content (AvgIpc) is 3.07. The monoisotopic (exact) mass is 333 g/mol. The molecule has 2 heterocycles. The van der Waals surface area contributed by atoms with Gasteiger partial charge in [-0.3, -0.25) is 0 Å². The van der Waals surface area contributed by atoms with E-state index in [1.165, 1.54) is 10.1 Å². The Morgan fingerprint density at radius 1 is 1.00 bits per heavy atom. The minimum atomic E-state index is 0.550. The van der Waals surface area contributed by atoms with E-state index < -0.39 is 0 Å². The number of methoxy groups -OCH3 is 1. The number of nitrogens with one attached hydrogen (secondary N) is 1. The fraction of sp³-hybridized carbons (Fsp3) is 0.0526. The minimum Gasteiger partial charge on any atom is -0.495 e. The SMILES string of the molecule is COc1ccccc1Nc1nccc(-c2cc3ccccc3s2)n1. The summed E-state index contributed by atoms with van der Waals surface area (Å²) in [6.45, 7) is 0. The zero-order valence-corrected chi connectivity index (χ0v) is 13.9. The molecule has 118 valence electrons. The van der Waals surface area contributed by atoms with Crippen LogP contribution in [0.1, 0.15) is 0 Å². The Balaban J connectivity index is 1.68. The smallest absolute Gasteiger partial charge is 0.227 e. The molecule has 0 radical (unpaired) electrons. The fourth-order valence-electron chi connectivity index (χ4n) is 2.53. The van der Waals surface area contributed by atoms with E-state index in [0.29, 0.717) is 5.95 Å². The van der Waals surface area contributed by atoms with Crippen molar-refractivity contribution in [2.75, 3.05) is 12.4 Å². The molecule has 0 aliphatic rings. The van der Waals surface area contributed by atoms with Crippen molar-refractivity contribution in [2.45, 2.75) is 0 Å². The zero-order valence-electron chi connectivity index (χ0n) is 13.1. The molecule has 2 aromatic carbocycles. The van der Waals surface area contributed by atoms with Crippen molar-refractivity contribution in [1.82, 2.24) is 9.97 Å². The summed E-state index contributed by atoms with van der Waals surface area (Å²) in [5, 5.41) is 4.46. The number of rotatable bonds is 4. The number of anilines is 2. The molecule has 4 aromatic rings. The Morgan fingerprint density at radius 3 is 2.71 bits per heavy atom. The molecule has 0 fully saturated rings. The first-order chi connectivity index (χ1) is 11.8. The number of hydrogen-bond acceptors (Lipinski definition) is 5. The van der Waals surface area contributed by atoms with Crippen LogP contribution in [0.5, 0.6) is 5.75 Å². The number of benzene rings is 2. The predicted molar refractivity (Wildman–Crippen MR) is 99.1 cm³/mol. The first-order valence-electron chi connectivity index (χ1n) is 7.55. The van der Waals surface area contributed by atoms with Crippen molar-refractivity contribution in [1.29, 1.82) is 0 Å². The van der Waals surface area contributed by atoms with Crippen molar-refractivity contribution >= 4 is 33.1 Å². The molecule has 0 saturated heterocycles. The lowest BCUT2D eigenvalue weighted by Gasteiger charge is -2.09. The summed E-state index contributed by atoms with van der Waals surface area (Å²) in [4.78, 5) is 10.1. The molecule has 0 atom stereocenters. The standard InChI is InChI=1S/C19H15N3OS/c1-23-16-8-4-3-7-14(16)21-19-20-11-10-15(22-19)18-12-13-6-2-5-9-17(13)24-18/h2-12H,1H3,(H,20,21,22). The van der Waals surface area contributed by atoms with Crippen LogP contribution in [0.4, 0.5) is 11.6 Å². The van der Waals surface area contributed by atoms with E-state index in [1.54, 1.807) is 24.6 Å². The highest BCUT2D eigenvalue weighted by molar-refractivity contribution is 7.22. The minimum absolute atomic E-state index is 0.550. The molecule has 4 rings (SSSR count). The number of hydrogen-bond donors (Lipinski definition) is 1. The number of para-hydroxylation sites is 2. The van der Waals surface area contributed by atoms with Gasteiger partial charge < -0.3 is 10.1 Å². The van der Waals surface area contributed by atoms with Gasteiger partial charge in [-0.2, -0.15) is 0 Å². The van der Waals surface area contributed by atoms with Crippen molar-refractivity contribution < 1.29 is 4.74 Å². The molecule has 0 unspecified atom stereocenters. The van der Waals surface area contributed by atoms with Crippen molar-refractivity contribution in [3.63, 3.8) is 0 Å². The van der Waals surface area contributed by atoms with Gasteiger partial charge in [-0.25, -0.2) is 9.97 Å². The topological polar surface area (TPSA) is 47.0 Å². The van der Waals surface area contributed by atoms with E-state index >= 15 is 0 Å². The second-order valence-electron chi connectivity index (χ2n) is 5.24. The van der Waals surface area contributed by atoms with Crippen LogP contribution < -0.4 is 10.1 Å². The normalized spacial score (nSPS) is 10.7. The van der Waals surface area contributed by atoms with Gasteiger partial charge in [0.15, 0.2) is 0 Å². The third kappa shape index (κ3) is 2.81. The quantitative estimate of drug-likeness (QED) is 0.564. The summed E-state index contributed by atoms with van der Waals surface area (Å²) >= 11 is 1.73. The second kappa shape index (κ2) is 6.29. The van der Waals surface area contributed by atoms with Gasteiger partial charge in [-0.05, 0) is 35.7 Å². The lowest BCUT2D eigenvalue weighted by molar-refractivity contribution is 0.417. The summed E-state index contributed by atoms with van der Waals surface area (Å²) in [6, 6.07) is 20.1. The van der Waals surface area contributed by atoms with Crippen LogP contribution in [0.3, 0.4) is 0 Å². The molecular weight excluding hydrogens is 318 g/mol. The van der Waals surface area contributed by atoms with Gasteiger partial charge in [-0.1, -0.05) is 30.3 Å². The van der Waals surface area contributed by atoms with Gasteiger partial charge in [-0.15, -0.1) is 11.3 Å². The third-order valence-corrected chi connectivity index (χ3v) is 4.83. The lowest BCUT2D eigenvalue weighted by atomic mass is 10.2. The number of nitrogens with zero attached hydrogens (tertiary/aromatic N) is 2. The molecule has 2 aromatic heterocycles. The molecule has 1 N–H and O–H groups in total. The van der Waals surface area contributed by atoms with Gasteiger partial charge in [0.1, 0.15) is 5.75 Å². The maximum atomic E-state index is 5.36. The number of ether oxygens (including phenoxy) is 1. The van der Waals surface area contributed by atoms with Gasteiger partial charge in [0, 0.05) is 10.9 Å². The Hall–Kier alpha value is -2.92. The number of thiophene rings is 1. The van der Waals surface area contributed by atoms with Crippen LogP contribution in [0.25, 0.3) is 20.7 Å². The largest absolute Gasteiger partial charge is 0.495 e. The van der Waals surface area contributed by atoms with Crippen LogP contribution in [0, 0.1) is 0 Å². The Labute approximate surface area is 143 Å². The molecule has 24 heavy (non-hydrogen) atoms. The second-order valence-corrected chi connectivity index (χ2v) is 6.32. The molecule has 4 nitrogen and oxygen atoms in total. The van der Waals surface area contributed by atoms with Gasteiger partial charge in [0.05, 0.1) is 23.4 Å². The Kier molecular flexibility index (Phi) is 3.84. The zero-order chi connectivity index (χ0) is 16.4. The average molecular weight is 333 g/mol. The molecule has 0 spiro atoms. The van der Waals surface area contributed by atoms with Crippen molar-refractivity contribution in [2.24, 2.45) is 0 Å². The van der Waals surface area contributed by atoms with Gasteiger partial charge >= 0.3 is 0 Å². The maximum absolute atomic E-state index is 5.36. The number of fused-ring (bicyclic) bond motifs is 1. The molecule has 0 aliphatic heterocycles. The predicted octanol–water partition coefficient (Wildman–Crippen LogP) is 5.11. The van der Waals surface area contributed by atoms with Crippen LogP contribution >= 0.6 is 11.3 Å². The highest BCUT2D eigenvalue weighted by atomic mass is 32.1. The maximum Gasteiger partial charge on any atom is 0.227 e. The third-order valence-electron chi connectivity index (χ3n) is 3.69. The van der Waals surface area contributed by atoms with Crippen LogP contribution in [-0.4, -0.2) is 17.1 Å².